The molecular formula is C8H10O4. The van der Waals surface area contributed by atoms with E-state index in [4.69, 9.17) is 9.47 Å². The predicted molar refractivity (Wildman–Crippen MR) is 40.2 cm³/mol. The molecule has 0 saturated carbocycles. The Bertz CT molecular complexity index is 243. The molecule has 4 heteroatoms. The molecule has 0 N–H and O–H groups in total. The average Bonchev–Trinajstić information content (AvgIpc) is 2.16. The van der Waals surface area contributed by atoms with Gasteiger partial charge >= 0.3 is 11.9 Å². The minimum absolute atomic E-state index is 0.206. The molecule has 1 fully saturated rings. The van der Waals surface area contributed by atoms with E-state index in [0.29, 0.717) is 0 Å². The molecule has 0 aliphatic carbocycles. The van der Waals surface area contributed by atoms with Crippen molar-refractivity contribution in [1.29, 1.82) is 0 Å². The maximum Gasteiger partial charge on any atom is 0.337 e. The molecule has 0 aromatic carbocycles. The SMILES string of the molecule is C=C1C(=O)O[C@H](C)[C@H]1OC(C)=O. The van der Waals surface area contributed by atoms with Gasteiger partial charge in [0.1, 0.15) is 6.10 Å². The van der Waals surface area contributed by atoms with E-state index in [1.807, 2.05) is 0 Å². The fraction of sp³-hybridized carbons (Fsp3) is 0.500. The van der Waals surface area contributed by atoms with Gasteiger partial charge in [0, 0.05) is 6.92 Å². The lowest BCUT2D eigenvalue weighted by Gasteiger charge is -2.12. The molecule has 0 aromatic heterocycles. The molecule has 1 aliphatic rings. The van der Waals surface area contributed by atoms with Gasteiger partial charge in [0.15, 0.2) is 6.10 Å². The summed E-state index contributed by atoms with van der Waals surface area (Å²) in [4.78, 5) is 21.4. The summed E-state index contributed by atoms with van der Waals surface area (Å²) >= 11 is 0. The second kappa shape index (κ2) is 2.97. The average molecular weight is 170 g/mol. The molecule has 1 aliphatic heterocycles. The molecule has 0 aromatic rings. The quantitative estimate of drug-likeness (QED) is 0.422. The largest absolute Gasteiger partial charge is 0.455 e. The monoisotopic (exact) mass is 170 g/mol. The van der Waals surface area contributed by atoms with Crippen LogP contribution in [0.3, 0.4) is 0 Å². The van der Waals surface area contributed by atoms with Gasteiger partial charge in [-0.15, -0.1) is 0 Å². The standard InChI is InChI=1S/C8H10O4/c1-4-7(12-6(3)9)5(2)11-8(4)10/h5,7H,1H2,2-3H3/t5-,7+/m1/s1. The maximum atomic E-state index is 10.9. The van der Waals surface area contributed by atoms with Crippen LogP contribution in [0.2, 0.25) is 0 Å². The first-order chi connectivity index (χ1) is 5.52. The molecule has 1 heterocycles. The number of esters is 2. The van der Waals surface area contributed by atoms with Crippen LogP contribution in [-0.4, -0.2) is 24.1 Å². The summed E-state index contributed by atoms with van der Waals surface area (Å²) < 4.78 is 9.59. The van der Waals surface area contributed by atoms with Crippen LogP contribution in [0.15, 0.2) is 12.2 Å². The molecular weight excluding hydrogens is 160 g/mol. The van der Waals surface area contributed by atoms with Crippen molar-refractivity contribution in [3.8, 4) is 0 Å². The third-order valence-electron chi connectivity index (χ3n) is 1.62. The molecule has 0 radical (unpaired) electrons. The van der Waals surface area contributed by atoms with Crippen LogP contribution in [0.25, 0.3) is 0 Å². The van der Waals surface area contributed by atoms with E-state index in [-0.39, 0.29) is 5.57 Å². The van der Waals surface area contributed by atoms with E-state index < -0.39 is 24.1 Å². The number of rotatable bonds is 1. The number of ether oxygens (including phenoxy) is 2. The fourth-order valence-electron chi connectivity index (χ4n) is 1.05. The van der Waals surface area contributed by atoms with Gasteiger partial charge in [-0.25, -0.2) is 4.79 Å². The van der Waals surface area contributed by atoms with Crippen molar-refractivity contribution in [3.63, 3.8) is 0 Å². The Morgan fingerprint density at radius 2 is 2.25 bits per heavy atom. The molecule has 66 valence electrons. The van der Waals surface area contributed by atoms with Gasteiger partial charge in [-0.05, 0) is 6.92 Å². The summed E-state index contributed by atoms with van der Waals surface area (Å²) in [5.74, 6) is -0.931. The Labute approximate surface area is 70.1 Å². The molecule has 2 atom stereocenters. The second-order valence-electron chi connectivity index (χ2n) is 2.67. The highest BCUT2D eigenvalue weighted by Crippen LogP contribution is 2.22. The zero-order valence-corrected chi connectivity index (χ0v) is 6.99. The summed E-state index contributed by atoms with van der Waals surface area (Å²) in [5, 5.41) is 0. The van der Waals surface area contributed by atoms with Crippen LogP contribution in [0.5, 0.6) is 0 Å². The molecule has 0 bridgehead atoms. The predicted octanol–water partition coefficient (Wildman–Crippen LogP) is 0.420. The summed E-state index contributed by atoms with van der Waals surface area (Å²) in [6, 6.07) is 0. The molecule has 1 saturated heterocycles. The van der Waals surface area contributed by atoms with Crippen molar-refractivity contribution in [2.45, 2.75) is 26.1 Å². The first-order valence-corrected chi connectivity index (χ1v) is 3.59. The van der Waals surface area contributed by atoms with Crippen LogP contribution in [0.4, 0.5) is 0 Å². The van der Waals surface area contributed by atoms with Crippen molar-refractivity contribution in [1.82, 2.24) is 0 Å². The smallest absolute Gasteiger partial charge is 0.337 e. The minimum atomic E-state index is -0.616. The highest BCUT2D eigenvalue weighted by atomic mass is 16.6. The lowest BCUT2D eigenvalue weighted by molar-refractivity contribution is -0.149. The number of cyclic esters (lactones) is 1. The fourth-order valence-corrected chi connectivity index (χ4v) is 1.05. The van der Waals surface area contributed by atoms with Gasteiger partial charge in [0.2, 0.25) is 0 Å². The van der Waals surface area contributed by atoms with E-state index in [9.17, 15) is 9.59 Å². The molecule has 1 rings (SSSR count). The lowest BCUT2D eigenvalue weighted by Crippen LogP contribution is -2.24. The Morgan fingerprint density at radius 1 is 1.67 bits per heavy atom. The Balaban J connectivity index is 2.70. The molecule has 0 unspecified atom stereocenters. The minimum Gasteiger partial charge on any atom is -0.455 e. The van der Waals surface area contributed by atoms with Crippen molar-refractivity contribution >= 4 is 11.9 Å². The number of hydrogen-bond acceptors (Lipinski definition) is 4. The topological polar surface area (TPSA) is 52.6 Å². The molecule has 12 heavy (non-hydrogen) atoms. The third-order valence-corrected chi connectivity index (χ3v) is 1.62. The van der Waals surface area contributed by atoms with Gasteiger partial charge in [-0.3, -0.25) is 4.79 Å². The van der Waals surface area contributed by atoms with Crippen molar-refractivity contribution in [2.24, 2.45) is 0 Å². The molecule has 4 nitrogen and oxygen atoms in total. The summed E-state index contributed by atoms with van der Waals surface area (Å²) in [6.45, 7) is 6.41. The normalized spacial score (nSPS) is 28.5. The number of carbonyl (C=O) groups excluding carboxylic acids is 2. The number of hydrogen-bond donors (Lipinski definition) is 0. The third kappa shape index (κ3) is 1.47. The van der Waals surface area contributed by atoms with E-state index in [1.165, 1.54) is 6.92 Å². The van der Waals surface area contributed by atoms with Gasteiger partial charge in [0.25, 0.3) is 0 Å². The van der Waals surface area contributed by atoms with Crippen LogP contribution in [0, 0.1) is 0 Å². The highest BCUT2D eigenvalue weighted by molar-refractivity contribution is 5.92. The Morgan fingerprint density at radius 3 is 2.58 bits per heavy atom. The lowest BCUT2D eigenvalue weighted by atomic mass is 10.1. The summed E-state index contributed by atoms with van der Waals surface area (Å²) in [6.07, 6.45) is -1.04. The van der Waals surface area contributed by atoms with Crippen LogP contribution in [0.1, 0.15) is 13.8 Å². The maximum absolute atomic E-state index is 10.9. The number of carbonyl (C=O) groups is 2. The van der Waals surface area contributed by atoms with Crippen LogP contribution in [-0.2, 0) is 19.1 Å². The van der Waals surface area contributed by atoms with E-state index in [1.54, 1.807) is 6.92 Å². The molecule has 0 amide bonds. The Hall–Kier alpha value is -1.32. The van der Waals surface area contributed by atoms with E-state index >= 15 is 0 Å². The second-order valence-corrected chi connectivity index (χ2v) is 2.67. The van der Waals surface area contributed by atoms with Crippen molar-refractivity contribution < 1.29 is 19.1 Å². The molecule has 0 spiro atoms. The summed E-state index contributed by atoms with van der Waals surface area (Å²) in [7, 11) is 0. The van der Waals surface area contributed by atoms with Crippen LogP contribution >= 0.6 is 0 Å². The van der Waals surface area contributed by atoms with E-state index in [2.05, 4.69) is 6.58 Å². The van der Waals surface area contributed by atoms with Crippen LogP contribution < -0.4 is 0 Å². The first kappa shape index (κ1) is 8.77. The zero-order valence-electron chi connectivity index (χ0n) is 6.99. The van der Waals surface area contributed by atoms with Crippen molar-refractivity contribution in [3.05, 3.63) is 12.2 Å². The zero-order chi connectivity index (χ0) is 9.30. The Kier molecular flexibility index (Phi) is 2.17. The van der Waals surface area contributed by atoms with Gasteiger partial charge in [-0.2, -0.15) is 0 Å². The van der Waals surface area contributed by atoms with Gasteiger partial charge < -0.3 is 9.47 Å². The van der Waals surface area contributed by atoms with Gasteiger partial charge in [-0.1, -0.05) is 6.58 Å². The summed E-state index contributed by atoms with van der Waals surface area (Å²) in [5.41, 5.74) is 0.206. The first-order valence-electron chi connectivity index (χ1n) is 3.59. The van der Waals surface area contributed by atoms with Crippen molar-refractivity contribution in [2.75, 3.05) is 0 Å². The van der Waals surface area contributed by atoms with Gasteiger partial charge in [0.05, 0.1) is 5.57 Å². The van der Waals surface area contributed by atoms with E-state index in [0.717, 1.165) is 0 Å². The highest BCUT2D eigenvalue weighted by Gasteiger charge is 2.37.